The van der Waals surface area contributed by atoms with E-state index in [1.807, 2.05) is 28.8 Å². The molecule has 1 unspecified atom stereocenters. The number of ether oxygens (including phenoxy) is 1. The summed E-state index contributed by atoms with van der Waals surface area (Å²) in [5.41, 5.74) is 5.45. The van der Waals surface area contributed by atoms with Crippen LogP contribution in [0.5, 0.6) is 5.75 Å². The van der Waals surface area contributed by atoms with Crippen molar-refractivity contribution in [3.8, 4) is 17.1 Å². The smallest absolute Gasteiger partial charge is 0.172 e. The zero-order valence-electron chi connectivity index (χ0n) is 15.5. The molecule has 7 N–H and O–H groups in total. The van der Waals surface area contributed by atoms with Crippen LogP contribution in [0.4, 0.5) is 5.82 Å². The van der Waals surface area contributed by atoms with Gasteiger partial charge in [0.05, 0.1) is 30.3 Å². The van der Waals surface area contributed by atoms with Gasteiger partial charge in [0, 0.05) is 24.8 Å². The molecule has 3 aromatic rings. The van der Waals surface area contributed by atoms with Crippen molar-refractivity contribution in [1.82, 2.24) is 25.1 Å². The molecule has 1 atom stereocenters. The van der Waals surface area contributed by atoms with E-state index in [2.05, 4.69) is 26.1 Å². The van der Waals surface area contributed by atoms with Crippen molar-refractivity contribution in [1.29, 1.82) is 0 Å². The Morgan fingerprint density at radius 3 is 3.04 bits per heavy atom. The van der Waals surface area contributed by atoms with Gasteiger partial charge in [0.1, 0.15) is 17.2 Å². The van der Waals surface area contributed by atoms with Crippen LogP contribution in [0.3, 0.4) is 0 Å². The highest BCUT2D eigenvalue weighted by Crippen LogP contribution is 2.26. The molecule has 1 aliphatic rings. The van der Waals surface area contributed by atoms with Gasteiger partial charge in [0.2, 0.25) is 0 Å². The average Bonchev–Trinajstić information content (AvgIpc) is 3.38. The van der Waals surface area contributed by atoms with E-state index in [0.717, 1.165) is 36.7 Å². The standard InChI is InChI=1S/C18H23N9O/c1-28-15-7-17-22-9-14(27(17)10-12(15)18(25-19)26-20)13-3-2-4-16(24-13)23-11-5-6-21-8-11/h2-4,7,9-11,21H,5-6,8,19-20H2,1H3,(H,23,24)(H,25,26). The molecule has 0 bridgehead atoms. The summed E-state index contributed by atoms with van der Waals surface area (Å²) in [6, 6.07) is 8.08. The van der Waals surface area contributed by atoms with E-state index in [-0.39, 0.29) is 0 Å². The van der Waals surface area contributed by atoms with E-state index in [9.17, 15) is 0 Å². The Morgan fingerprint density at radius 1 is 1.43 bits per heavy atom. The molecule has 28 heavy (non-hydrogen) atoms. The van der Waals surface area contributed by atoms with Gasteiger partial charge in [-0.25, -0.2) is 15.8 Å². The van der Waals surface area contributed by atoms with Gasteiger partial charge in [-0.3, -0.25) is 4.40 Å². The maximum atomic E-state index is 5.54. The molecule has 10 heteroatoms. The van der Waals surface area contributed by atoms with Crippen molar-refractivity contribution in [2.24, 2.45) is 16.8 Å². The Labute approximate surface area is 162 Å². The second-order valence-corrected chi connectivity index (χ2v) is 6.49. The van der Waals surface area contributed by atoms with Crippen LogP contribution in [0.1, 0.15) is 12.0 Å². The van der Waals surface area contributed by atoms with Gasteiger partial charge in [-0.2, -0.15) is 5.10 Å². The molecular weight excluding hydrogens is 358 g/mol. The Hall–Kier alpha value is -3.37. The lowest BCUT2D eigenvalue weighted by Crippen LogP contribution is -2.32. The maximum absolute atomic E-state index is 5.54. The van der Waals surface area contributed by atoms with E-state index in [4.69, 9.17) is 21.4 Å². The fourth-order valence-corrected chi connectivity index (χ4v) is 3.37. The fourth-order valence-electron chi connectivity index (χ4n) is 3.37. The number of rotatable bonds is 5. The zero-order valence-corrected chi connectivity index (χ0v) is 15.5. The second kappa shape index (κ2) is 7.71. The van der Waals surface area contributed by atoms with Crippen LogP contribution in [0.25, 0.3) is 17.0 Å². The minimum atomic E-state index is 0.301. The normalized spacial score (nSPS) is 17.1. The van der Waals surface area contributed by atoms with E-state index in [1.165, 1.54) is 0 Å². The lowest BCUT2D eigenvalue weighted by Gasteiger charge is -2.13. The molecule has 1 fully saturated rings. The largest absolute Gasteiger partial charge is 0.496 e. The first-order valence-corrected chi connectivity index (χ1v) is 8.98. The van der Waals surface area contributed by atoms with Crippen LogP contribution in [0.2, 0.25) is 0 Å². The second-order valence-electron chi connectivity index (χ2n) is 6.49. The number of aromatic nitrogens is 3. The molecular formula is C18H23N9O. The highest BCUT2D eigenvalue weighted by Gasteiger charge is 2.17. The third-order valence-electron chi connectivity index (χ3n) is 4.77. The van der Waals surface area contributed by atoms with E-state index >= 15 is 0 Å². The molecule has 1 aliphatic heterocycles. The molecule has 0 aromatic carbocycles. The molecule has 0 amide bonds. The number of amidine groups is 1. The highest BCUT2D eigenvalue weighted by atomic mass is 16.5. The summed E-state index contributed by atoms with van der Waals surface area (Å²) in [5, 5.41) is 10.5. The number of hydrazone groups is 1. The van der Waals surface area contributed by atoms with Crippen molar-refractivity contribution in [3.63, 3.8) is 0 Å². The van der Waals surface area contributed by atoms with E-state index < -0.39 is 0 Å². The number of hydrogen-bond donors (Lipinski definition) is 5. The van der Waals surface area contributed by atoms with Gasteiger partial charge in [-0.15, -0.1) is 0 Å². The number of pyridine rings is 2. The minimum absolute atomic E-state index is 0.301. The third kappa shape index (κ3) is 3.30. The summed E-state index contributed by atoms with van der Waals surface area (Å²) in [4.78, 5) is 9.24. The Balaban J connectivity index is 1.75. The summed E-state index contributed by atoms with van der Waals surface area (Å²) >= 11 is 0. The lowest BCUT2D eigenvalue weighted by molar-refractivity contribution is 0.413. The van der Waals surface area contributed by atoms with Gasteiger partial charge in [-0.05, 0) is 25.1 Å². The SMILES string of the molecule is COc1cc2ncc(-c3cccc(NC4CCNC4)n3)n2cc1/C(=N/N)NN. The molecule has 3 aromatic heterocycles. The summed E-state index contributed by atoms with van der Waals surface area (Å²) in [5.74, 6) is 12.7. The maximum Gasteiger partial charge on any atom is 0.172 e. The van der Waals surface area contributed by atoms with Gasteiger partial charge in [-0.1, -0.05) is 6.07 Å². The number of fused-ring (bicyclic) bond motifs is 1. The number of nitrogens with zero attached hydrogens (tertiary/aromatic N) is 4. The molecule has 0 aliphatic carbocycles. The molecule has 1 saturated heterocycles. The van der Waals surface area contributed by atoms with Crippen molar-refractivity contribution < 1.29 is 4.74 Å². The molecule has 146 valence electrons. The van der Waals surface area contributed by atoms with Gasteiger partial charge in [0.15, 0.2) is 5.84 Å². The average molecular weight is 381 g/mol. The Bertz CT molecular complexity index is 1010. The number of nitrogens with one attached hydrogen (secondary N) is 3. The van der Waals surface area contributed by atoms with Crippen LogP contribution in [-0.4, -0.2) is 46.4 Å². The topological polar surface area (TPSA) is 140 Å². The fraction of sp³-hybridized carbons (Fsp3) is 0.278. The molecule has 10 nitrogen and oxygen atoms in total. The third-order valence-corrected chi connectivity index (χ3v) is 4.77. The molecule has 4 rings (SSSR count). The van der Waals surface area contributed by atoms with Gasteiger partial charge in [0.25, 0.3) is 0 Å². The van der Waals surface area contributed by atoms with E-state index in [1.54, 1.807) is 19.4 Å². The first kappa shape index (κ1) is 18.0. The van der Waals surface area contributed by atoms with Crippen molar-refractivity contribution in [2.45, 2.75) is 12.5 Å². The quantitative estimate of drug-likeness (QED) is 0.184. The first-order valence-electron chi connectivity index (χ1n) is 8.98. The number of hydrazine groups is 1. The summed E-state index contributed by atoms with van der Waals surface area (Å²) in [6.45, 7) is 1.97. The number of imidazole rings is 1. The Morgan fingerprint density at radius 2 is 2.32 bits per heavy atom. The number of methoxy groups -OCH3 is 1. The number of nitrogens with two attached hydrogens (primary N) is 2. The van der Waals surface area contributed by atoms with Crippen molar-refractivity contribution in [2.75, 3.05) is 25.5 Å². The van der Waals surface area contributed by atoms with Crippen LogP contribution < -0.4 is 32.5 Å². The van der Waals surface area contributed by atoms with Crippen LogP contribution in [0, 0.1) is 0 Å². The highest BCUT2D eigenvalue weighted by molar-refractivity contribution is 6.00. The van der Waals surface area contributed by atoms with Crippen molar-refractivity contribution >= 4 is 17.3 Å². The zero-order chi connectivity index (χ0) is 19.5. The summed E-state index contributed by atoms with van der Waals surface area (Å²) < 4.78 is 7.34. The van der Waals surface area contributed by atoms with Crippen molar-refractivity contribution in [3.05, 3.63) is 42.2 Å². The number of anilines is 1. The minimum Gasteiger partial charge on any atom is -0.496 e. The Kier molecular flexibility index (Phi) is 4.96. The van der Waals surface area contributed by atoms with Crippen LogP contribution in [0.15, 0.2) is 41.8 Å². The first-order chi connectivity index (χ1) is 13.7. The van der Waals surface area contributed by atoms with E-state index in [0.29, 0.717) is 28.8 Å². The van der Waals surface area contributed by atoms with Crippen LogP contribution >= 0.6 is 0 Å². The molecule has 4 heterocycles. The summed E-state index contributed by atoms with van der Waals surface area (Å²) in [6.07, 6.45) is 4.68. The monoisotopic (exact) mass is 381 g/mol. The van der Waals surface area contributed by atoms with Gasteiger partial charge < -0.3 is 26.6 Å². The summed E-state index contributed by atoms with van der Waals surface area (Å²) in [7, 11) is 1.57. The molecule has 0 spiro atoms. The van der Waals surface area contributed by atoms with Gasteiger partial charge >= 0.3 is 0 Å². The molecule has 0 radical (unpaired) electrons. The number of hydrogen-bond acceptors (Lipinski definition) is 8. The molecule has 0 saturated carbocycles. The lowest BCUT2D eigenvalue weighted by atomic mass is 10.2. The predicted molar refractivity (Wildman–Crippen MR) is 108 cm³/mol. The van der Waals surface area contributed by atoms with Crippen LogP contribution in [-0.2, 0) is 0 Å². The predicted octanol–water partition coefficient (Wildman–Crippen LogP) is 0.262.